The van der Waals surface area contributed by atoms with Crippen LogP contribution >= 0.6 is 0 Å². The molecule has 0 bridgehead atoms. The predicted molar refractivity (Wildman–Crippen MR) is 161 cm³/mol. The van der Waals surface area contributed by atoms with Crippen LogP contribution in [-0.4, -0.2) is 93.1 Å². The summed E-state index contributed by atoms with van der Waals surface area (Å²) in [6.45, 7) is 5.65. The van der Waals surface area contributed by atoms with Gasteiger partial charge in [0.1, 0.15) is 11.9 Å². The van der Waals surface area contributed by atoms with Crippen molar-refractivity contribution in [2.75, 3.05) is 53.7 Å². The first-order chi connectivity index (χ1) is 20.4. The average molecular weight is 589 g/mol. The highest BCUT2D eigenvalue weighted by molar-refractivity contribution is 5.90. The minimum Gasteiger partial charge on any atom is -0.382 e. The number of nitrogens with zero attached hydrogens (tertiary/aromatic N) is 2. The number of amides is 2. The fourth-order valence-electron chi connectivity index (χ4n) is 6.34. The number of aromatic nitrogens is 1. The standard InChI is InChI=1S/C32H49FN4O5/c1-23(34-2)31(38)35-30(24-8-5-4-6-9-24)32(39)37-13-7-10-27(37)20-25-22-36(29-21-26(33)11-12-28(25)29)14-15-41-18-19-42-17-16-40-3/h11-12,21-24,27,30,34H,4-10,13-20H2,1-3H3,(H,35,38)/t23-,27-,30-/m0/s1. The Kier molecular flexibility index (Phi) is 12.6. The SMILES string of the molecule is CN[C@@H](C)C(=O)N[C@H](C(=O)N1CCC[C@H]1Cc1cn(CCOCCOCCOC)c2cc(F)ccc12)C1CCCCC1. The van der Waals surface area contributed by atoms with Crippen LogP contribution in [0.5, 0.6) is 0 Å². The molecule has 1 aliphatic heterocycles. The number of rotatable bonds is 16. The molecular formula is C32H49FN4O5. The van der Waals surface area contributed by atoms with E-state index in [1.165, 1.54) is 12.5 Å². The number of benzene rings is 1. The molecule has 3 atom stereocenters. The van der Waals surface area contributed by atoms with Gasteiger partial charge in [-0.3, -0.25) is 9.59 Å². The van der Waals surface area contributed by atoms with E-state index in [2.05, 4.69) is 16.8 Å². The second kappa shape index (κ2) is 16.4. The summed E-state index contributed by atoms with van der Waals surface area (Å²) in [7, 11) is 3.40. The number of carbonyl (C=O) groups is 2. The molecule has 42 heavy (non-hydrogen) atoms. The van der Waals surface area contributed by atoms with Gasteiger partial charge in [-0.25, -0.2) is 4.39 Å². The third kappa shape index (κ3) is 8.52. The molecule has 1 aromatic heterocycles. The van der Waals surface area contributed by atoms with Crippen molar-refractivity contribution in [1.29, 1.82) is 0 Å². The molecule has 2 aromatic rings. The topological polar surface area (TPSA) is 94.1 Å². The summed E-state index contributed by atoms with van der Waals surface area (Å²) in [6.07, 6.45) is 9.90. The molecule has 1 saturated heterocycles. The van der Waals surface area contributed by atoms with E-state index in [0.29, 0.717) is 52.5 Å². The molecule has 10 heteroatoms. The number of fused-ring (bicyclic) bond motifs is 1. The summed E-state index contributed by atoms with van der Waals surface area (Å²) < 4.78 is 32.5. The minimum absolute atomic E-state index is 0.0341. The number of hydrogen-bond donors (Lipinski definition) is 2. The Bertz CT molecular complexity index is 1150. The van der Waals surface area contributed by atoms with Gasteiger partial charge in [0.25, 0.3) is 0 Å². The number of carbonyl (C=O) groups excluding carboxylic acids is 2. The molecule has 0 spiro atoms. The quantitative estimate of drug-likeness (QED) is 0.291. The monoisotopic (exact) mass is 588 g/mol. The van der Waals surface area contributed by atoms with Gasteiger partial charge in [-0.15, -0.1) is 0 Å². The summed E-state index contributed by atoms with van der Waals surface area (Å²) in [5.74, 6) is -0.209. The van der Waals surface area contributed by atoms with E-state index < -0.39 is 6.04 Å². The van der Waals surface area contributed by atoms with Gasteiger partial charge < -0.3 is 34.3 Å². The number of halogens is 1. The third-order valence-corrected chi connectivity index (χ3v) is 8.83. The molecule has 9 nitrogen and oxygen atoms in total. The van der Waals surface area contributed by atoms with E-state index in [-0.39, 0.29) is 35.6 Å². The molecule has 2 amide bonds. The molecule has 0 unspecified atom stereocenters. The Morgan fingerprint density at radius 1 is 1.02 bits per heavy atom. The molecular weight excluding hydrogens is 539 g/mol. The van der Waals surface area contributed by atoms with Crippen LogP contribution in [-0.2, 0) is 36.8 Å². The maximum Gasteiger partial charge on any atom is 0.245 e. The van der Waals surface area contributed by atoms with Crippen LogP contribution in [0.4, 0.5) is 4.39 Å². The van der Waals surface area contributed by atoms with Crippen molar-refractivity contribution < 1.29 is 28.2 Å². The van der Waals surface area contributed by atoms with Crippen LogP contribution in [0.2, 0.25) is 0 Å². The van der Waals surface area contributed by atoms with Gasteiger partial charge in [-0.05, 0) is 75.8 Å². The normalized spacial score (nSPS) is 19.3. The number of hydrogen-bond acceptors (Lipinski definition) is 6. The van der Waals surface area contributed by atoms with E-state index in [1.54, 1.807) is 20.2 Å². The first kappa shape index (κ1) is 32.4. The van der Waals surface area contributed by atoms with Gasteiger partial charge in [-0.1, -0.05) is 19.3 Å². The fourth-order valence-corrected chi connectivity index (χ4v) is 6.34. The fraction of sp³-hybridized carbons (Fsp3) is 0.688. The van der Waals surface area contributed by atoms with E-state index in [4.69, 9.17) is 14.2 Å². The molecule has 1 aliphatic carbocycles. The lowest BCUT2D eigenvalue weighted by Gasteiger charge is -2.35. The van der Waals surface area contributed by atoms with E-state index in [0.717, 1.165) is 55.0 Å². The molecule has 1 saturated carbocycles. The zero-order valence-electron chi connectivity index (χ0n) is 25.5. The predicted octanol–water partition coefficient (Wildman–Crippen LogP) is 3.67. The smallest absolute Gasteiger partial charge is 0.245 e. The summed E-state index contributed by atoms with van der Waals surface area (Å²) in [5, 5.41) is 7.11. The first-order valence-electron chi connectivity index (χ1n) is 15.6. The Labute approximate surface area is 249 Å². The second-order valence-electron chi connectivity index (χ2n) is 11.7. The van der Waals surface area contributed by atoms with E-state index >= 15 is 0 Å². The third-order valence-electron chi connectivity index (χ3n) is 8.83. The van der Waals surface area contributed by atoms with Crippen molar-refractivity contribution in [2.45, 2.75) is 83.0 Å². The molecule has 2 fully saturated rings. The first-order valence-corrected chi connectivity index (χ1v) is 15.6. The zero-order valence-corrected chi connectivity index (χ0v) is 25.5. The molecule has 2 heterocycles. The molecule has 4 rings (SSSR count). The Morgan fingerprint density at radius 3 is 2.50 bits per heavy atom. The van der Waals surface area contributed by atoms with Crippen molar-refractivity contribution in [3.63, 3.8) is 0 Å². The Balaban J connectivity index is 1.45. The van der Waals surface area contributed by atoms with Crippen LogP contribution < -0.4 is 10.6 Å². The van der Waals surface area contributed by atoms with Crippen molar-refractivity contribution >= 4 is 22.7 Å². The van der Waals surface area contributed by atoms with Gasteiger partial charge in [0, 0.05) is 37.8 Å². The lowest BCUT2D eigenvalue weighted by Crippen LogP contribution is -2.56. The number of methoxy groups -OCH3 is 1. The molecule has 2 aliphatic rings. The van der Waals surface area contributed by atoms with Gasteiger partial charge in [-0.2, -0.15) is 0 Å². The Morgan fingerprint density at radius 2 is 1.76 bits per heavy atom. The molecule has 2 N–H and O–H groups in total. The zero-order chi connectivity index (χ0) is 29.9. The van der Waals surface area contributed by atoms with Crippen LogP contribution in [0.1, 0.15) is 57.4 Å². The Hall–Kier alpha value is -2.53. The highest BCUT2D eigenvalue weighted by Crippen LogP contribution is 2.32. The van der Waals surface area contributed by atoms with Crippen LogP contribution in [0.3, 0.4) is 0 Å². The van der Waals surface area contributed by atoms with E-state index in [9.17, 15) is 14.0 Å². The van der Waals surface area contributed by atoms with Crippen LogP contribution in [0, 0.1) is 11.7 Å². The van der Waals surface area contributed by atoms with Crippen LogP contribution in [0.15, 0.2) is 24.4 Å². The number of nitrogens with one attached hydrogen (secondary N) is 2. The average Bonchev–Trinajstić information content (AvgIpc) is 3.61. The van der Waals surface area contributed by atoms with E-state index in [1.807, 2.05) is 22.5 Å². The lowest BCUT2D eigenvalue weighted by molar-refractivity contribution is -0.139. The largest absolute Gasteiger partial charge is 0.382 e. The number of ether oxygens (including phenoxy) is 3. The van der Waals surface area contributed by atoms with Gasteiger partial charge >= 0.3 is 0 Å². The number of likely N-dealkylation sites (N-methyl/N-ethyl adjacent to an activating group) is 1. The van der Waals surface area contributed by atoms with Crippen molar-refractivity contribution in [3.05, 3.63) is 35.8 Å². The van der Waals surface area contributed by atoms with Crippen LogP contribution in [0.25, 0.3) is 10.9 Å². The van der Waals surface area contributed by atoms with Gasteiger partial charge in [0.15, 0.2) is 0 Å². The van der Waals surface area contributed by atoms with Crippen molar-refractivity contribution in [2.24, 2.45) is 5.92 Å². The van der Waals surface area contributed by atoms with Gasteiger partial charge in [0.2, 0.25) is 11.8 Å². The highest BCUT2D eigenvalue weighted by atomic mass is 19.1. The maximum absolute atomic E-state index is 14.3. The summed E-state index contributed by atoms with van der Waals surface area (Å²) in [4.78, 5) is 29.0. The van der Waals surface area contributed by atoms with Gasteiger partial charge in [0.05, 0.1) is 44.6 Å². The molecule has 234 valence electrons. The molecule has 0 radical (unpaired) electrons. The summed E-state index contributed by atoms with van der Waals surface area (Å²) in [6, 6.07) is 4.08. The molecule has 1 aromatic carbocycles. The van der Waals surface area contributed by atoms with Crippen molar-refractivity contribution in [1.82, 2.24) is 20.1 Å². The minimum atomic E-state index is -0.500. The highest BCUT2D eigenvalue weighted by Gasteiger charge is 2.38. The maximum atomic E-state index is 14.3. The second-order valence-corrected chi connectivity index (χ2v) is 11.7. The summed E-state index contributed by atoms with van der Waals surface area (Å²) in [5.41, 5.74) is 1.92. The lowest BCUT2D eigenvalue weighted by atomic mass is 9.83. The number of likely N-dealkylation sites (tertiary alicyclic amines) is 1. The van der Waals surface area contributed by atoms with Crippen molar-refractivity contribution in [3.8, 4) is 0 Å². The summed E-state index contributed by atoms with van der Waals surface area (Å²) >= 11 is 0.